The number of anilines is 1. The quantitative estimate of drug-likeness (QED) is 0.931. The van der Waals surface area contributed by atoms with E-state index >= 15 is 0 Å². The fourth-order valence-corrected chi connectivity index (χ4v) is 2.34. The molecule has 5 heteroatoms. The van der Waals surface area contributed by atoms with Crippen LogP contribution in [0.5, 0.6) is 0 Å². The van der Waals surface area contributed by atoms with E-state index < -0.39 is 0 Å². The molecule has 1 fully saturated rings. The first-order chi connectivity index (χ1) is 9.02. The number of hydrogen-bond acceptors (Lipinski definition) is 3. The fraction of sp³-hybridized carbons (Fsp3) is 0.533. The first kappa shape index (κ1) is 17.0. The number of halogens is 1. The van der Waals surface area contributed by atoms with E-state index in [1.807, 2.05) is 25.1 Å². The monoisotopic (exact) mass is 298 g/mol. The third kappa shape index (κ3) is 3.51. The normalized spacial score (nSPS) is 21.4. The standard InChI is InChI=1S/C15H22N2O2.ClH/c1-10-4-5-12(8-11(10)2)17(3)15(18)14-7-6-13(9-16)19-14;/h4-5,8,13-14H,6-7,9,16H2,1-3H3;1H/t13-,14+;/m1./s1. The molecule has 112 valence electrons. The summed E-state index contributed by atoms with van der Waals surface area (Å²) in [7, 11) is 1.80. The molecule has 20 heavy (non-hydrogen) atoms. The van der Waals surface area contributed by atoms with Crippen LogP contribution in [0.15, 0.2) is 18.2 Å². The maximum atomic E-state index is 12.4. The summed E-state index contributed by atoms with van der Waals surface area (Å²) in [6.45, 7) is 4.59. The van der Waals surface area contributed by atoms with Gasteiger partial charge in [-0.05, 0) is 49.9 Å². The van der Waals surface area contributed by atoms with Gasteiger partial charge in [0, 0.05) is 19.3 Å². The highest BCUT2D eigenvalue weighted by molar-refractivity contribution is 5.96. The van der Waals surface area contributed by atoms with Crippen molar-refractivity contribution < 1.29 is 9.53 Å². The predicted octanol–water partition coefficient (Wildman–Crippen LogP) is 2.19. The van der Waals surface area contributed by atoms with Crippen LogP contribution in [0.25, 0.3) is 0 Å². The highest BCUT2D eigenvalue weighted by atomic mass is 35.5. The Bertz CT molecular complexity index is 479. The molecule has 1 aliphatic rings. The van der Waals surface area contributed by atoms with Gasteiger partial charge >= 0.3 is 0 Å². The van der Waals surface area contributed by atoms with E-state index in [4.69, 9.17) is 10.5 Å². The number of aryl methyl sites for hydroxylation is 2. The molecule has 0 saturated carbocycles. The molecule has 0 aliphatic carbocycles. The van der Waals surface area contributed by atoms with Crippen LogP contribution in [0, 0.1) is 13.8 Å². The summed E-state index contributed by atoms with van der Waals surface area (Å²) in [5, 5.41) is 0. The molecule has 2 atom stereocenters. The van der Waals surface area contributed by atoms with Crippen molar-refractivity contribution in [2.45, 2.75) is 38.9 Å². The minimum absolute atomic E-state index is 0. The molecule has 0 radical (unpaired) electrons. The summed E-state index contributed by atoms with van der Waals surface area (Å²) in [6, 6.07) is 6.03. The van der Waals surface area contributed by atoms with Crippen molar-refractivity contribution in [2.24, 2.45) is 5.73 Å². The van der Waals surface area contributed by atoms with Gasteiger partial charge in [-0.2, -0.15) is 0 Å². The smallest absolute Gasteiger partial charge is 0.255 e. The second-order valence-corrected chi connectivity index (χ2v) is 5.23. The Kier molecular flexibility index (Phi) is 5.99. The fourth-order valence-electron chi connectivity index (χ4n) is 2.34. The number of nitrogens with zero attached hydrogens (tertiary/aromatic N) is 1. The number of amides is 1. The molecule has 0 bridgehead atoms. The Hall–Kier alpha value is -1.10. The van der Waals surface area contributed by atoms with E-state index in [1.165, 1.54) is 11.1 Å². The molecule has 2 N–H and O–H groups in total. The molecule has 0 unspecified atom stereocenters. The molecule has 1 aliphatic heterocycles. The van der Waals surface area contributed by atoms with Crippen LogP contribution in [0.4, 0.5) is 5.69 Å². The SMILES string of the molecule is Cc1ccc(N(C)C(=O)[C@@H]2CC[C@H](CN)O2)cc1C.Cl. The molecular weight excluding hydrogens is 276 g/mol. The average Bonchev–Trinajstić information content (AvgIpc) is 2.89. The number of carbonyl (C=O) groups excluding carboxylic acids is 1. The van der Waals surface area contributed by atoms with Crippen LogP contribution in [0.2, 0.25) is 0 Å². The van der Waals surface area contributed by atoms with Gasteiger partial charge in [-0.3, -0.25) is 4.79 Å². The van der Waals surface area contributed by atoms with E-state index in [0.717, 1.165) is 18.5 Å². The molecular formula is C15H23ClN2O2. The van der Waals surface area contributed by atoms with Crippen molar-refractivity contribution in [2.75, 3.05) is 18.5 Å². The Labute approximate surface area is 126 Å². The Balaban J connectivity index is 0.00000200. The van der Waals surface area contributed by atoms with Crippen LogP contribution in [-0.4, -0.2) is 31.7 Å². The van der Waals surface area contributed by atoms with Crippen molar-refractivity contribution in [3.8, 4) is 0 Å². The van der Waals surface area contributed by atoms with Crippen molar-refractivity contribution in [3.05, 3.63) is 29.3 Å². The number of benzene rings is 1. The zero-order chi connectivity index (χ0) is 14.0. The third-order valence-corrected chi connectivity index (χ3v) is 3.85. The minimum atomic E-state index is -0.347. The lowest BCUT2D eigenvalue weighted by Crippen LogP contribution is -2.37. The molecule has 1 heterocycles. The van der Waals surface area contributed by atoms with Gasteiger partial charge < -0.3 is 15.4 Å². The Morgan fingerprint density at radius 1 is 1.35 bits per heavy atom. The van der Waals surface area contributed by atoms with Crippen LogP contribution in [-0.2, 0) is 9.53 Å². The van der Waals surface area contributed by atoms with Crippen molar-refractivity contribution in [3.63, 3.8) is 0 Å². The number of rotatable bonds is 3. The summed E-state index contributed by atoms with van der Waals surface area (Å²) >= 11 is 0. The van der Waals surface area contributed by atoms with Crippen molar-refractivity contribution in [1.29, 1.82) is 0 Å². The summed E-state index contributed by atoms with van der Waals surface area (Å²) in [5.74, 6) is 0.0132. The van der Waals surface area contributed by atoms with Gasteiger partial charge in [0.05, 0.1) is 6.10 Å². The van der Waals surface area contributed by atoms with Crippen LogP contribution in [0.3, 0.4) is 0 Å². The number of ether oxygens (including phenoxy) is 1. The lowest BCUT2D eigenvalue weighted by molar-refractivity contribution is -0.128. The van der Waals surface area contributed by atoms with Crippen LogP contribution in [0.1, 0.15) is 24.0 Å². The van der Waals surface area contributed by atoms with Crippen molar-refractivity contribution in [1.82, 2.24) is 0 Å². The van der Waals surface area contributed by atoms with Gasteiger partial charge in [-0.25, -0.2) is 0 Å². The molecule has 1 aromatic carbocycles. The largest absolute Gasteiger partial charge is 0.364 e. The van der Waals surface area contributed by atoms with E-state index in [9.17, 15) is 4.79 Å². The van der Waals surface area contributed by atoms with Crippen LogP contribution >= 0.6 is 12.4 Å². The maximum Gasteiger partial charge on any atom is 0.255 e. The summed E-state index contributed by atoms with van der Waals surface area (Å²) < 4.78 is 5.65. The lowest BCUT2D eigenvalue weighted by atomic mass is 10.1. The summed E-state index contributed by atoms with van der Waals surface area (Å²) in [4.78, 5) is 14.0. The maximum absolute atomic E-state index is 12.4. The molecule has 0 aromatic heterocycles. The summed E-state index contributed by atoms with van der Waals surface area (Å²) in [5.41, 5.74) is 8.89. The highest BCUT2D eigenvalue weighted by Crippen LogP contribution is 2.24. The van der Waals surface area contributed by atoms with E-state index in [-0.39, 0.29) is 30.5 Å². The number of carbonyl (C=O) groups is 1. The van der Waals surface area contributed by atoms with Gasteiger partial charge in [0.15, 0.2) is 0 Å². The van der Waals surface area contributed by atoms with Gasteiger partial charge in [-0.15, -0.1) is 12.4 Å². The molecule has 2 rings (SSSR count). The number of nitrogens with two attached hydrogens (primary N) is 1. The van der Waals surface area contributed by atoms with Gasteiger partial charge in [0.25, 0.3) is 5.91 Å². The predicted molar refractivity (Wildman–Crippen MR) is 83.5 cm³/mol. The number of likely N-dealkylation sites (N-methyl/N-ethyl adjacent to an activating group) is 1. The minimum Gasteiger partial charge on any atom is -0.364 e. The van der Waals surface area contributed by atoms with Crippen molar-refractivity contribution >= 4 is 24.0 Å². The highest BCUT2D eigenvalue weighted by Gasteiger charge is 2.32. The molecule has 1 aromatic rings. The number of hydrogen-bond donors (Lipinski definition) is 1. The molecule has 4 nitrogen and oxygen atoms in total. The molecule has 1 amide bonds. The molecule has 1 saturated heterocycles. The first-order valence-corrected chi connectivity index (χ1v) is 6.73. The second-order valence-electron chi connectivity index (χ2n) is 5.23. The Morgan fingerprint density at radius 2 is 2.05 bits per heavy atom. The molecule has 0 spiro atoms. The van der Waals surface area contributed by atoms with E-state index in [2.05, 4.69) is 6.92 Å². The first-order valence-electron chi connectivity index (χ1n) is 6.73. The summed E-state index contributed by atoms with van der Waals surface area (Å²) in [6.07, 6.45) is 1.31. The van der Waals surface area contributed by atoms with Gasteiger partial charge in [0.1, 0.15) is 6.10 Å². The van der Waals surface area contributed by atoms with E-state index in [1.54, 1.807) is 11.9 Å². The van der Waals surface area contributed by atoms with Gasteiger partial charge in [-0.1, -0.05) is 6.07 Å². The average molecular weight is 299 g/mol. The zero-order valence-corrected chi connectivity index (χ0v) is 13.1. The van der Waals surface area contributed by atoms with E-state index in [0.29, 0.717) is 6.54 Å². The zero-order valence-electron chi connectivity index (χ0n) is 12.3. The Morgan fingerprint density at radius 3 is 2.60 bits per heavy atom. The van der Waals surface area contributed by atoms with Gasteiger partial charge in [0.2, 0.25) is 0 Å². The topological polar surface area (TPSA) is 55.6 Å². The second kappa shape index (κ2) is 7.07. The third-order valence-electron chi connectivity index (χ3n) is 3.85. The van der Waals surface area contributed by atoms with Crippen LogP contribution < -0.4 is 10.6 Å². The lowest BCUT2D eigenvalue weighted by Gasteiger charge is -2.22.